The lowest BCUT2D eigenvalue weighted by molar-refractivity contribution is -0.139. The summed E-state index contributed by atoms with van der Waals surface area (Å²) < 4.78 is 5.76. The minimum atomic E-state index is -0.699. The molecule has 0 saturated carbocycles. The van der Waals surface area contributed by atoms with E-state index < -0.39 is 11.8 Å². The van der Waals surface area contributed by atoms with Crippen molar-refractivity contribution in [1.82, 2.24) is 15.5 Å². The minimum absolute atomic E-state index is 0.0274. The summed E-state index contributed by atoms with van der Waals surface area (Å²) in [6.45, 7) is 5.58. The normalized spacial score (nSPS) is 16.6. The lowest BCUT2D eigenvalue weighted by atomic mass is 10.1. The fourth-order valence-corrected chi connectivity index (χ4v) is 2.67. The van der Waals surface area contributed by atoms with Gasteiger partial charge in [0, 0.05) is 26.1 Å². The quantitative estimate of drug-likeness (QED) is 0.428. The molecular formula is C19H25N3O4. The Balaban J connectivity index is 1.70. The monoisotopic (exact) mass is 359 g/mol. The maximum atomic E-state index is 12.4. The van der Waals surface area contributed by atoms with Crippen molar-refractivity contribution in [3.05, 3.63) is 48.6 Å². The average Bonchev–Trinajstić information content (AvgIpc) is 2.69. The highest BCUT2D eigenvalue weighted by atomic mass is 16.5. The fraction of sp³-hybridized carbons (Fsp3) is 0.421. The van der Waals surface area contributed by atoms with Crippen LogP contribution in [0, 0.1) is 0 Å². The van der Waals surface area contributed by atoms with E-state index >= 15 is 0 Å². The minimum Gasteiger partial charge on any atom is -0.370 e. The fourth-order valence-electron chi connectivity index (χ4n) is 2.67. The Kier molecular flexibility index (Phi) is 7.82. The summed E-state index contributed by atoms with van der Waals surface area (Å²) in [5, 5.41) is 4.90. The van der Waals surface area contributed by atoms with Crippen molar-refractivity contribution >= 4 is 17.7 Å². The molecule has 1 fully saturated rings. The van der Waals surface area contributed by atoms with Crippen LogP contribution in [0.1, 0.15) is 24.5 Å². The Morgan fingerprint density at radius 2 is 1.92 bits per heavy atom. The van der Waals surface area contributed by atoms with E-state index in [9.17, 15) is 14.4 Å². The standard InChI is InChI=1S/C19H25N3O4/c1-2-10-20-18(24)19(25)21-11-6-9-17(23)22-12-13-26-16(14-22)15-7-4-3-5-8-15/h2-5,7-8,16H,1,6,9-14H2,(H,20,24)(H,21,25). The molecule has 2 rings (SSSR count). The zero-order valence-electron chi connectivity index (χ0n) is 14.8. The largest absolute Gasteiger partial charge is 0.370 e. The second kappa shape index (κ2) is 10.4. The number of carbonyl (C=O) groups excluding carboxylic acids is 3. The van der Waals surface area contributed by atoms with Crippen LogP contribution in [0.15, 0.2) is 43.0 Å². The summed E-state index contributed by atoms with van der Waals surface area (Å²) in [6.07, 6.45) is 2.18. The van der Waals surface area contributed by atoms with E-state index in [1.807, 2.05) is 30.3 Å². The Hall–Kier alpha value is -2.67. The number of ether oxygens (including phenoxy) is 1. The van der Waals surface area contributed by atoms with Gasteiger partial charge in [0.2, 0.25) is 5.91 Å². The molecule has 1 aliphatic rings. The zero-order valence-corrected chi connectivity index (χ0v) is 14.8. The van der Waals surface area contributed by atoms with Gasteiger partial charge >= 0.3 is 11.8 Å². The maximum absolute atomic E-state index is 12.4. The molecule has 1 aromatic rings. The number of nitrogens with zero attached hydrogens (tertiary/aromatic N) is 1. The second-order valence-corrected chi connectivity index (χ2v) is 5.97. The van der Waals surface area contributed by atoms with Crippen LogP contribution in [0.4, 0.5) is 0 Å². The Morgan fingerprint density at radius 3 is 2.65 bits per heavy atom. The zero-order chi connectivity index (χ0) is 18.8. The van der Waals surface area contributed by atoms with E-state index in [1.54, 1.807) is 4.90 Å². The highest BCUT2D eigenvalue weighted by Crippen LogP contribution is 2.22. The molecule has 1 atom stereocenters. The van der Waals surface area contributed by atoms with E-state index in [4.69, 9.17) is 4.74 Å². The molecular weight excluding hydrogens is 334 g/mol. The van der Waals surface area contributed by atoms with Gasteiger partial charge in [0.05, 0.1) is 13.2 Å². The van der Waals surface area contributed by atoms with Crippen molar-refractivity contribution in [2.24, 2.45) is 0 Å². The van der Waals surface area contributed by atoms with Crippen LogP contribution in [-0.4, -0.2) is 55.4 Å². The molecule has 1 aromatic carbocycles. The van der Waals surface area contributed by atoms with Gasteiger partial charge in [-0.05, 0) is 12.0 Å². The molecule has 0 spiro atoms. The summed E-state index contributed by atoms with van der Waals surface area (Å²) in [5.74, 6) is -1.37. The molecule has 3 amide bonds. The smallest absolute Gasteiger partial charge is 0.309 e. The van der Waals surface area contributed by atoms with E-state index in [2.05, 4.69) is 17.2 Å². The molecule has 1 aliphatic heterocycles. The van der Waals surface area contributed by atoms with Crippen LogP contribution >= 0.6 is 0 Å². The van der Waals surface area contributed by atoms with E-state index in [1.165, 1.54) is 6.08 Å². The van der Waals surface area contributed by atoms with Gasteiger partial charge in [-0.3, -0.25) is 14.4 Å². The van der Waals surface area contributed by atoms with Crippen molar-refractivity contribution in [3.8, 4) is 0 Å². The van der Waals surface area contributed by atoms with Crippen molar-refractivity contribution in [2.75, 3.05) is 32.8 Å². The van der Waals surface area contributed by atoms with Gasteiger partial charge in [0.1, 0.15) is 6.10 Å². The number of rotatable bonds is 7. The molecule has 0 bridgehead atoms. The molecule has 0 aromatic heterocycles. The predicted molar refractivity (Wildman–Crippen MR) is 97.2 cm³/mol. The predicted octanol–water partition coefficient (Wildman–Crippen LogP) is 0.785. The molecule has 140 valence electrons. The Bertz CT molecular complexity index is 633. The molecule has 26 heavy (non-hydrogen) atoms. The SMILES string of the molecule is C=CCNC(=O)C(=O)NCCCC(=O)N1CCOC(c2ccccc2)C1. The van der Waals surface area contributed by atoms with Crippen LogP contribution < -0.4 is 10.6 Å². The topological polar surface area (TPSA) is 87.7 Å². The average molecular weight is 359 g/mol. The third-order valence-corrected chi connectivity index (χ3v) is 4.06. The van der Waals surface area contributed by atoms with Gasteiger partial charge in [0.25, 0.3) is 0 Å². The summed E-state index contributed by atoms with van der Waals surface area (Å²) in [4.78, 5) is 37.1. The van der Waals surface area contributed by atoms with E-state index in [0.717, 1.165) is 5.56 Å². The number of morpholine rings is 1. The van der Waals surface area contributed by atoms with Crippen LogP contribution in [0.3, 0.4) is 0 Å². The van der Waals surface area contributed by atoms with Crippen molar-refractivity contribution in [1.29, 1.82) is 0 Å². The Labute approximate surface area is 153 Å². The van der Waals surface area contributed by atoms with Gasteiger partial charge in [0.15, 0.2) is 0 Å². The summed E-state index contributed by atoms with van der Waals surface area (Å²) in [7, 11) is 0. The number of nitrogens with one attached hydrogen (secondary N) is 2. The van der Waals surface area contributed by atoms with Crippen molar-refractivity contribution in [3.63, 3.8) is 0 Å². The third-order valence-electron chi connectivity index (χ3n) is 4.06. The highest BCUT2D eigenvalue weighted by Gasteiger charge is 2.24. The van der Waals surface area contributed by atoms with E-state index in [-0.39, 0.29) is 25.1 Å². The van der Waals surface area contributed by atoms with Gasteiger partial charge in [-0.15, -0.1) is 6.58 Å². The number of amides is 3. The van der Waals surface area contributed by atoms with Gasteiger partial charge in [-0.2, -0.15) is 0 Å². The Morgan fingerprint density at radius 1 is 1.19 bits per heavy atom. The maximum Gasteiger partial charge on any atom is 0.309 e. The van der Waals surface area contributed by atoms with Gasteiger partial charge in [-0.25, -0.2) is 0 Å². The number of carbonyl (C=O) groups is 3. The highest BCUT2D eigenvalue weighted by molar-refractivity contribution is 6.35. The third kappa shape index (κ3) is 6.00. The van der Waals surface area contributed by atoms with Crippen molar-refractivity contribution < 1.29 is 19.1 Å². The molecule has 0 radical (unpaired) electrons. The first-order valence-electron chi connectivity index (χ1n) is 8.73. The first-order chi connectivity index (χ1) is 12.6. The van der Waals surface area contributed by atoms with Crippen molar-refractivity contribution in [2.45, 2.75) is 18.9 Å². The molecule has 7 heteroatoms. The molecule has 2 N–H and O–H groups in total. The summed E-state index contributed by atoms with van der Waals surface area (Å²) >= 11 is 0. The lowest BCUT2D eigenvalue weighted by Crippen LogP contribution is -2.43. The van der Waals surface area contributed by atoms with Crippen LogP contribution in [-0.2, 0) is 19.1 Å². The first kappa shape index (κ1) is 19.7. The van der Waals surface area contributed by atoms with Gasteiger partial charge in [-0.1, -0.05) is 36.4 Å². The molecule has 1 saturated heterocycles. The number of benzene rings is 1. The van der Waals surface area contributed by atoms with Crippen LogP contribution in [0.5, 0.6) is 0 Å². The van der Waals surface area contributed by atoms with Gasteiger partial charge < -0.3 is 20.3 Å². The molecule has 0 aliphatic carbocycles. The van der Waals surface area contributed by atoms with Crippen LogP contribution in [0.2, 0.25) is 0 Å². The molecule has 7 nitrogen and oxygen atoms in total. The number of hydrogen-bond donors (Lipinski definition) is 2. The first-order valence-corrected chi connectivity index (χ1v) is 8.73. The van der Waals surface area contributed by atoms with E-state index in [0.29, 0.717) is 32.5 Å². The second-order valence-electron chi connectivity index (χ2n) is 5.97. The molecule has 1 unspecified atom stereocenters. The summed E-state index contributed by atoms with van der Waals surface area (Å²) in [6, 6.07) is 9.83. The summed E-state index contributed by atoms with van der Waals surface area (Å²) in [5.41, 5.74) is 1.06. The lowest BCUT2D eigenvalue weighted by Gasteiger charge is -2.33. The number of hydrogen-bond acceptors (Lipinski definition) is 4. The molecule has 1 heterocycles. The van der Waals surface area contributed by atoms with Crippen LogP contribution in [0.25, 0.3) is 0 Å².